The summed E-state index contributed by atoms with van der Waals surface area (Å²) in [6.07, 6.45) is 1.66. The maximum atomic E-state index is 9.70. The summed E-state index contributed by atoms with van der Waals surface area (Å²) in [6.45, 7) is 4.03. The van der Waals surface area contributed by atoms with Gasteiger partial charge in [-0.25, -0.2) is 5.11 Å². The molecule has 0 spiro atoms. The lowest BCUT2D eigenvalue weighted by Crippen LogP contribution is -2.16. The predicted molar refractivity (Wildman–Crippen MR) is 29.7 cm³/mol. The molecule has 1 N–H and O–H groups in total. The number of hydrogen-bond donors (Lipinski definition) is 1. The molecular weight excluding hydrogens is 106 g/mol. The first-order valence-electron chi connectivity index (χ1n) is 2.45. The van der Waals surface area contributed by atoms with Gasteiger partial charge >= 0.3 is 0 Å². The summed E-state index contributed by atoms with van der Waals surface area (Å²) in [4.78, 5) is 4.59. The van der Waals surface area contributed by atoms with Crippen molar-refractivity contribution in [3.05, 3.63) is 12.7 Å². The fourth-order valence-electron chi connectivity index (χ4n) is 0.232. The highest BCUT2D eigenvalue weighted by molar-refractivity contribution is 4.65. The number of rotatable bonds is 5. The largest absolute Gasteiger partial charge is 0.299 e. The molecule has 8 heavy (non-hydrogen) atoms. The first-order chi connectivity index (χ1) is 3.91. The van der Waals surface area contributed by atoms with Crippen molar-refractivity contribution in [2.75, 3.05) is 19.8 Å². The summed E-state index contributed by atoms with van der Waals surface area (Å²) >= 11 is 0. The van der Waals surface area contributed by atoms with Crippen molar-refractivity contribution in [2.24, 2.45) is 0 Å². The fraction of sp³-hybridized carbons (Fsp3) is 0.600. The molecule has 0 bridgehead atoms. The van der Waals surface area contributed by atoms with E-state index in [9.17, 15) is 5.11 Å². The van der Waals surface area contributed by atoms with Gasteiger partial charge < -0.3 is 0 Å². The molecule has 3 heteroatoms. The van der Waals surface area contributed by atoms with E-state index in [0.717, 1.165) is 0 Å². The van der Waals surface area contributed by atoms with E-state index in [4.69, 9.17) is 0 Å². The van der Waals surface area contributed by atoms with Crippen molar-refractivity contribution in [3.8, 4) is 0 Å². The van der Waals surface area contributed by atoms with E-state index in [1.165, 1.54) is 0 Å². The lowest BCUT2D eigenvalue weighted by atomic mass is 10.7. The first kappa shape index (κ1) is 7.62. The average Bonchev–Trinajstić information content (AvgIpc) is 1.81. The molecule has 0 aliphatic heterocycles. The molecule has 0 atom stereocenters. The van der Waals surface area contributed by atoms with Crippen molar-refractivity contribution in [3.63, 3.8) is 0 Å². The second-order valence-electron chi connectivity index (χ2n) is 1.19. The van der Waals surface area contributed by atoms with E-state index < -0.39 is 0 Å². The van der Waals surface area contributed by atoms with Crippen LogP contribution in [0.3, 0.4) is 0 Å². The molecule has 0 amide bonds. The minimum absolute atomic E-state index is 0.204. The first-order valence-corrected chi connectivity index (χ1v) is 2.45. The monoisotopic (exact) mass is 116 g/mol. The highest BCUT2D eigenvalue weighted by Gasteiger charge is 1.79. The van der Waals surface area contributed by atoms with Gasteiger partial charge in [0.25, 0.3) is 0 Å². The molecule has 0 aliphatic carbocycles. The number of nitrogens with one attached hydrogen (secondary N) is 1. The normalized spacial score (nSPS) is 9.12. The van der Waals surface area contributed by atoms with Crippen molar-refractivity contribution in [1.29, 1.82) is 0 Å². The van der Waals surface area contributed by atoms with Crippen molar-refractivity contribution in [1.82, 2.24) is 5.48 Å². The van der Waals surface area contributed by atoms with E-state index in [-0.39, 0.29) is 13.2 Å². The second kappa shape index (κ2) is 6.62. The van der Waals surface area contributed by atoms with Crippen LogP contribution in [-0.2, 0) is 9.94 Å². The maximum absolute atomic E-state index is 9.70. The zero-order valence-corrected chi connectivity index (χ0v) is 4.72. The Kier molecular flexibility index (Phi) is 6.31. The third-order valence-corrected chi connectivity index (χ3v) is 0.515. The third-order valence-electron chi connectivity index (χ3n) is 0.515. The second-order valence-corrected chi connectivity index (χ2v) is 1.19. The zero-order valence-electron chi connectivity index (χ0n) is 4.72. The highest BCUT2D eigenvalue weighted by atomic mass is 16.6. The Hall–Kier alpha value is -0.380. The van der Waals surface area contributed by atoms with Crippen molar-refractivity contribution >= 4 is 0 Å². The van der Waals surface area contributed by atoms with Crippen LogP contribution in [0.5, 0.6) is 0 Å². The third kappa shape index (κ3) is 5.62. The SMILES string of the molecule is C=CCNOCC[O]. The molecule has 0 rings (SSSR count). The molecule has 0 heterocycles. The van der Waals surface area contributed by atoms with Gasteiger partial charge in [0.1, 0.15) is 6.61 Å². The summed E-state index contributed by atoms with van der Waals surface area (Å²) in [5.41, 5.74) is 2.52. The predicted octanol–water partition coefficient (Wildman–Crippen LogP) is 0.124. The molecule has 0 aromatic heterocycles. The van der Waals surface area contributed by atoms with E-state index in [1.807, 2.05) is 0 Å². The topological polar surface area (TPSA) is 41.2 Å². The molecule has 0 aromatic carbocycles. The van der Waals surface area contributed by atoms with Gasteiger partial charge in [0.2, 0.25) is 0 Å². The molecule has 0 saturated heterocycles. The minimum Gasteiger partial charge on any atom is -0.299 e. The Bertz CT molecular complexity index is 56.4. The lowest BCUT2D eigenvalue weighted by Gasteiger charge is -1.97. The smallest absolute Gasteiger partial charge is 0.108 e. The van der Waals surface area contributed by atoms with Crippen LogP contribution in [-0.4, -0.2) is 19.8 Å². The molecule has 47 valence electrons. The van der Waals surface area contributed by atoms with E-state index in [1.54, 1.807) is 6.08 Å². The molecule has 0 aliphatic rings. The number of hydroxylamine groups is 1. The Balaban J connectivity index is 2.62. The summed E-state index contributed by atoms with van der Waals surface area (Å²) in [5, 5.41) is 9.70. The quantitative estimate of drug-likeness (QED) is 0.315. The van der Waals surface area contributed by atoms with Crippen LogP contribution in [0.15, 0.2) is 12.7 Å². The van der Waals surface area contributed by atoms with Crippen molar-refractivity contribution in [2.45, 2.75) is 0 Å². The van der Waals surface area contributed by atoms with E-state index in [2.05, 4.69) is 16.9 Å². The van der Waals surface area contributed by atoms with Crippen LogP contribution in [0.4, 0.5) is 0 Å². The van der Waals surface area contributed by atoms with Gasteiger partial charge in [-0.1, -0.05) is 6.08 Å². The van der Waals surface area contributed by atoms with E-state index in [0.29, 0.717) is 6.54 Å². The van der Waals surface area contributed by atoms with Gasteiger partial charge in [0.15, 0.2) is 0 Å². The Morgan fingerprint density at radius 2 is 2.50 bits per heavy atom. The van der Waals surface area contributed by atoms with Crippen LogP contribution in [0, 0.1) is 0 Å². The van der Waals surface area contributed by atoms with Crippen LogP contribution < -0.4 is 5.48 Å². The maximum Gasteiger partial charge on any atom is 0.108 e. The molecule has 0 fully saturated rings. The van der Waals surface area contributed by atoms with Gasteiger partial charge in [0.05, 0.1) is 6.61 Å². The van der Waals surface area contributed by atoms with Crippen LogP contribution >= 0.6 is 0 Å². The van der Waals surface area contributed by atoms with Gasteiger partial charge in [0, 0.05) is 6.54 Å². The Morgan fingerprint density at radius 3 is 3.00 bits per heavy atom. The summed E-state index contributed by atoms with van der Waals surface area (Å²) in [7, 11) is 0. The molecule has 0 saturated carbocycles. The molecule has 3 nitrogen and oxygen atoms in total. The Morgan fingerprint density at radius 1 is 1.75 bits per heavy atom. The summed E-state index contributed by atoms with van der Waals surface area (Å²) < 4.78 is 0. The lowest BCUT2D eigenvalue weighted by molar-refractivity contribution is 0.00717. The molecule has 0 aromatic rings. The average molecular weight is 116 g/mol. The fourth-order valence-corrected chi connectivity index (χ4v) is 0.232. The Labute approximate surface area is 48.9 Å². The summed E-state index contributed by atoms with van der Waals surface area (Å²) in [6, 6.07) is 0. The van der Waals surface area contributed by atoms with Crippen LogP contribution in [0.1, 0.15) is 0 Å². The minimum atomic E-state index is -0.204. The van der Waals surface area contributed by atoms with Gasteiger partial charge in [-0.3, -0.25) is 4.84 Å². The van der Waals surface area contributed by atoms with Crippen LogP contribution in [0.25, 0.3) is 0 Å². The van der Waals surface area contributed by atoms with Crippen molar-refractivity contribution < 1.29 is 9.94 Å². The van der Waals surface area contributed by atoms with Gasteiger partial charge in [-0.15, -0.1) is 6.58 Å². The zero-order chi connectivity index (χ0) is 6.24. The standard InChI is InChI=1S/C5H10NO2/c1-2-3-6-8-5-4-7/h2,6H,1,3-5H2. The van der Waals surface area contributed by atoms with E-state index >= 15 is 0 Å². The molecular formula is C5H10NO2. The number of hydrogen-bond acceptors (Lipinski definition) is 2. The van der Waals surface area contributed by atoms with Gasteiger partial charge in [-0.2, -0.15) is 5.48 Å². The molecule has 0 unspecified atom stereocenters. The molecule has 1 radical (unpaired) electrons. The van der Waals surface area contributed by atoms with Gasteiger partial charge in [-0.05, 0) is 0 Å². The highest BCUT2D eigenvalue weighted by Crippen LogP contribution is 1.64. The van der Waals surface area contributed by atoms with Crippen LogP contribution in [0.2, 0.25) is 0 Å². The summed E-state index contributed by atoms with van der Waals surface area (Å²) in [5.74, 6) is 0.